The van der Waals surface area contributed by atoms with Crippen LogP contribution in [0, 0.1) is 0 Å². The second kappa shape index (κ2) is 9.15. The number of fused-ring (bicyclic) bond motifs is 1. The van der Waals surface area contributed by atoms with Gasteiger partial charge in [-0.25, -0.2) is 8.42 Å². The van der Waals surface area contributed by atoms with Crippen LogP contribution in [0.5, 0.6) is 5.75 Å². The third-order valence-corrected chi connectivity index (χ3v) is 7.08. The fraction of sp³-hybridized carbons (Fsp3) is 0.381. The van der Waals surface area contributed by atoms with E-state index in [0.717, 1.165) is 29.1 Å². The highest BCUT2D eigenvalue weighted by Gasteiger charge is 2.26. The van der Waals surface area contributed by atoms with Gasteiger partial charge in [0, 0.05) is 7.05 Å². The summed E-state index contributed by atoms with van der Waals surface area (Å²) in [5.74, 6) is 0.0827. The van der Waals surface area contributed by atoms with Gasteiger partial charge in [-0.3, -0.25) is 4.79 Å². The molecule has 1 aliphatic carbocycles. The van der Waals surface area contributed by atoms with Gasteiger partial charge in [-0.15, -0.1) is 0 Å². The monoisotopic (exact) mass is 436 g/mol. The van der Waals surface area contributed by atoms with Crippen LogP contribution in [0.1, 0.15) is 36.9 Å². The number of carbonyl (C=O) groups excluding carboxylic acids is 1. The molecule has 3 rings (SSSR count). The number of rotatable bonds is 7. The Kier molecular flexibility index (Phi) is 6.82. The molecule has 6 nitrogen and oxygen atoms in total. The molecule has 8 heteroatoms. The van der Waals surface area contributed by atoms with Crippen LogP contribution in [0.25, 0.3) is 0 Å². The standard InChI is InChI=1S/C21H25ClN2O4S/c1-3-28-20-12-11-16(13-18(20)22)29(26,27)24(2)14-21(25)23-19-10-6-8-15-7-4-5-9-17(15)19/h4-5,7,9,11-13,19H,3,6,8,10,14H2,1-2H3,(H,23,25). The summed E-state index contributed by atoms with van der Waals surface area (Å²) < 4.78 is 32.0. The van der Waals surface area contributed by atoms with Crippen LogP contribution in [0.4, 0.5) is 0 Å². The number of ether oxygens (including phenoxy) is 1. The predicted molar refractivity (Wildman–Crippen MR) is 113 cm³/mol. The molecule has 0 heterocycles. The zero-order valence-corrected chi connectivity index (χ0v) is 18.1. The molecule has 0 aromatic heterocycles. The van der Waals surface area contributed by atoms with Crippen molar-refractivity contribution in [1.82, 2.24) is 9.62 Å². The molecule has 2 aromatic carbocycles. The van der Waals surface area contributed by atoms with Gasteiger partial charge in [0.25, 0.3) is 0 Å². The number of nitrogens with zero attached hydrogens (tertiary/aromatic N) is 1. The van der Waals surface area contributed by atoms with E-state index in [1.54, 1.807) is 0 Å². The molecule has 1 unspecified atom stereocenters. The summed E-state index contributed by atoms with van der Waals surface area (Å²) in [7, 11) is -2.47. The number of likely N-dealkylation sites (N-methyl/N-ethyl adjacent to an activating group) is 1. The molecule has 1 amide bonds. The maximum atomic E-state index is 12.8. The van der Waals surface area contributed by atoms with E-state index in [2.05, 4.69) is 11.4 Å². The number of carbonyl (C=O) groups is 1. The lowest BCUT2D eigenvalue weighted by atomic mass is 9.88. The fourth-order valence-electron chi connectivity index (χ4n) is 3.53. The molecule has 29 heavy (non-hydrogen) atoms. The molecule has 1 atom stereocenters. The Morgan fingerprint density at radius 2 is 2.03 bits per heavy atom. The van der Waals surface area contributed by atoms with Gasteiger partial charge in [0.1, 0.15) is 5.75 Å². The highest BCUT2D eigenvalue weighted by atomic mass is 35.5. The second-order valence-electron chi connectivity index (χ2n) is 7.00. The molecule has 1 aliphatic rings. The van der Waals surface area contributed by atoms with Gasteiger partial charge in [0.2, 0.25) is 15.9 Å². The lowest BCUT2D eigenvalue weighted by molar-refractivity contribution is -0.122. The zero-order valence-electron chi connectivity index (χ0n) is 16.5. The van der Waals surface area contributed by atoms with Gasteiger partial charge < -0.3 is 10.1 Å². The summed E-state index contributed by atoms with van der Waals surface area (Å²) in [4.78, 5) is 12.6. The highest BCUT2D eigenvalue weighted by Crippen LogP contribution is 2.30. The van der Waals surface area contributed by atoms with Gasteiger partial charge in [0.05, 0.1) is 29.1 Å². The summed E-state index contributed by atoms with van der Waals surface area (Å²) in [6.07, 6.45) is 2.82. The molecule has 0 saturated carbocycles. The molecule has 0 saturated heterocycles. The lowest BCUT2D eigenvalue weighted by Gasteiger charge is -2.27. The van der Waals surface area contributed by atoms with E-state index >= 15 is 0 Å². The largest absolute Gasteiger partial charge is 0.492 e. The van der Waals surface area contributed by atoms with E-state index in [1.165, 1.54) is 30.8 Å². The predicted octanol–water partition coefficient (Wildman–Crippen LogP) is 3.55. The molecule has 0 bridgehead atoms. The van der Waals surface area contributed by atoms with Gasteiger partial charge in [0.15, 0.2) is 0 Å². The lowest BCUT2D eigenvalue weighted by Crippen LogP contribution is -2.40. The number of halogens is 1. The molecular weight excluding hydrogens is 412 g/mol. The minimum absolute atomic E-state index is 0.0178. The van der Waals surface area contributed by atoms with Crippen LogP contribution < -0.4 is 10.1 Å². The van der Waals surface area contributed by atoms with Crippen LogP contribution in [-0.2, 0) is 21.2 Å². The summed E-state index contributed by atoms with van der Waals surface area (Å²) >= 11 is 6.11. The van der Waals surface area contributed by atoms with Crippen molar-refractivity contribution in [1.29, 1.82) is 0 Å². The first kappa shape index (κ1) is 21.6. The van der Waals surface area contributed by atoms with Gasteiger partial charge in [-0.05, 0) is 55.5 Å². The van der Waals surface area contributed by atoms with E-state index in [4.69, 9.17) is 16.3 Å². The Balaban J connectivity index is 1.68. The van der Waals surface area contributed by atoms with Crippen molar-refractivity contribution in [3.8, 4) is 5.75 Å². The Morgan fingerprint density at radius 3 is 2.76 bits per heavy atom. The third kappa shape index (κ3) is 4.91. The quantitative estimate of drug-likeness (QED) is 0.720. The van der Waals surface area contributed by atoms with Crippen LogP contribution in [0.15, 0.2) is 47.4 Å². The summed E-state index contributed by atoms with van der Waals surface area (Å²) in [6, 6.07) is 12.2. The van der Waals surface area contributed by atoms with Crippen molar-refractivity contribution >= 4 is 27.5 Å². The van der Waals surface area contributed by atoms with E-state index in [1.807, 2.05) is 25.1 Å². The summed E-state index contributed by atoms with van der Waals surface area (Å²) in [6.45, 7) is 1.97. The minimum Gasteiger partial charge on any atom is -0.492 e. The number of nitrogens with one attached hydrogen (secondary N) is 1. The Morgan fingerprint density at radius 1 is 1.28 bits per heavy atom. The molecule has 0 aliphatic heterocycles. The number of amides is 1. The maximum Gasteiger partial charge on any atom is 0.243 e. The number of hydrogen-bond acceptors (Lipinski definition) is 4. The van der Waals surface area contributed by atoms with Crippen LogP contribution in [-0.4, -0.2) is 38.8 Å². The first-order valence-electron chi connectivity index (χ1n) is 9.58. The number of benzene rings is 2. The van der Waals surface area contributed by atoms with Crippen LogP contribution in [0.3, 0.4) is 0 Å². The highest BCUT2D eigenvalue weighted by molar-refractivity contribution is 7.89. The molecule has 156 valence electrons. The Bertz CT molecular complexity index is 994. The van der Waals surface area contributed by atoms with Crippen molar-refractivity contribution in [2.24, 2.45) is 0 Å². The summed E-state index contributed by atoms with van der Waals surface area (Å²) in [5.41, 5.74) is 2.34. The smallest absolute Gasteiger partial charge is 0.243 e. The topological polar surface area (TPSA) is 75.7 Å². The molecule has 1 N–H and O–H groups in total. The third-order valence-electron chi connectivity index (χ3n) is 4.98. The van der Waals surface area contributed by atoms with Crippen molar-refractivity contribution in [3.63, 3.8) is 0 Å². The average Bonchev–Trinajstić information content (AvgIpc) is 2.69. The van der Waals surface area contributed by atoms with Crippen molar-refractivity contribution in [2.45, 2.75) is 37.1 Å². The van der Waals surface area contributed by atoms with Gasteiger partial charge in [-0.1, -0.05) is 35.9 Å². The van der Waals surface area contributed by atoms with E-state index in [9.17, 15) is 13.2 Å². The van der Waals surface area contributed by atoms with Crippen LogP contribution >= 0.6 is 11.6 Å². The van der Waals surface area contributed by atoms with E-state index in [0.29, 0.717) is 12.4 Å². The summed E-state index contributed by atoms with van der Waals surface area (Å²) in [5, 5.41) is 3.19. The fourth-order valence-corrected chi connectivity index (χ4v) is 4.98. The number of aryl methyl sites for hydroxylation is 1. The Labute approximate surface area is 176 Å². The normalized spacial score (nSPS) is 16.3. The first-order chi connectivity index (χ1) is 13.8. The van der Waals surface area contributed by atoms with Crippen molar-refractivity contribution < 1.29 is 17.9 Å². The van der Waals surface area contributed by atoms with Crippen molar-refractivity contribution in [3.05, 3.63) is 58.6 Å². The maximum absolute atomic E-state index is 12.8. The molecule has 0 radical (unpaired) electrons. The van der Waals surface area contributed by atoms with Gasteiger partial charge >= 0.3 is 0 Å². The molecule has 0 spiro atoms. The van der Waals surface area contributed by atoms with E-state index in [-0.39, 0.29) is 28.4 Å². The minimum atomic E-state index is -3.86. The SMILES string of the molecule is CCOc1ccc(S(=O)(=O)N(C)CC(=O)NC2CCCc3ccccc32)cc1Cl. The molecular formula is C21H25ClN2O4S. The van der Waals surface area contributed by atoms with Crippen molar-refractivity contribution in [2.75, 3.05) is 20.2 Å². The van der Waals surface area contributed by atoms with E-state index < -0.39 is 10.0 Å². The second-order valence-corrected chi connectivity index (χ2v) is 9.45. The zero-order chi connectivity index (χ0) is 21.0. The van der Waals surface area contributed by atoms with Gasteiger partial charge in [-0.2, -0.15) is 4.31 Å². The molecule has 0 fully saturated rings. The Hall–Kier alpha value is -2.09. The number of hydrogen-bond donors (Lipinski definition) is 1. The first-order valence-corrected chi connectivity index (χ1v) is 11.4. The van der Waals surface area contributed by atoms with Crippen LogP contribution in [0.2, 0.25) is 5.02 Å². The molecule has 2 aromatic rings. The average molecular weight is 437 g/mol. The number of sulfonamides is 1.